The molecular formula is C25H21BrO2S. The SMILES string of the molecule is COc1ccc2c(Oc3ccc(Br)cc3)c(C3(c4ccccc4C)CC3)sc2c1. The van der Waals surface area contributed by atoms with Crippen LogP contribution in [-0.4, -0.2) is 7.11 Å². The Morgan fingerprint density at radius 1 is 0.931 bits per heavy atom. The summed E-state index contributed by atoms with van der Waals surface area (Å²) in [5, 5.41) is 1.15. The van der Waals surface area contributed by atoms with Crippen molar-refractivity contribution in [2.75, 3.05) is 7.11 Å². The third kappa shape index (κ3) is 3.24. The predicted molar refractivity (Wildman–Crippen MR) is 124 cm³/mol. The average molecular weight is 465 g/mol. The highest BCUT2D eigenvalue weighted by atomic mass is 79.9. The van der Waals surface area contributed by atoms with Gasteiger partial charge in [0.2, 0.25) is 0 Å². The Kier molecular flexibility index (Phi) is 4.64. The molecule has 0 saturated heterocycles. The second kappa shape index (κ2) is 7.19. The van der Waals surface area contributed by atoms with Crippen LogP contribution in [0, 0.1) is 6.92 Å². The lowest BCUT2D eigenvalue weighted by molar-refractivity contribution is 0.415. The fourth-order valence-corrected chi connectivity index (χ4v) is 5.75. The Bertz CT molecular complexity index is 1190. The topological polar surface area (TPSA) is 18.5 Å². The third-order valence-electron chi connectivity index (χ3n) is 5.73. The third-order valence-corrected chi connectivity index (χ3v) is 7.60. The van der Waals surface area contributed by atoms with Crippen LogP contribution in [0.5, 0.6) is 17.2 Å². The van der Waals surface area contributed by atoms with Crippen LogP contribution in [-0.2, 0) is 5.41 Å². The van der Waals surface area contributed by atoms with Crippen molar-refractivity contribution in [3.63, 3.8) is 0 Å². The van der Waals surface area contributed by atoms with Crippen LogP contribution in [0.3, 0.4) is 0 Å². The van der Waals surface area contributed by atoms with E-state index in [9.17, 15) is 0 Å². The molecule has 0 bridgehead atoms. The molecule has 0 aliphatic heterocycles. The smallest absolute Gasteiger partial charge is 0.150 e. The van der Waals surface area contributed by atoms with E-state index in [-0.39, 0.29) is 5.41 Å². The van der Waals surface area contributed by atoms with Gasteiger partial charge in [-0.1, -0.05) is 40.2 Å². The zero-order valence-corrected chi connectivity index (χ0v) is 18.8. The van der Waals surface area contributed by atoms with Gasteiger partial charge in [-0.2, -0.15) is 0 Å². The molecule has 146 valence electrons. The van der Waals surface area contributed by atoms with Crippen molar-refractivity contribution in [3.8, 4) is 17.2 Å². The van der Waals surface area contributed by atoms with Crippen molar-refractivity contribution >= 4 is 37.4 Å². The summed E-state index contributed by atoms with van der Waals surface area (Å²) >= 11 is 5.34. The number of thiophene rings is 1. The van der Waals surface area contributed by atoms with Crippen molar-refractivity contribution in [1.82, 2.24) is 0 Å². The second-order valence-electron chi connectivity index (χ2n) is 7.58. The maximum Gasteiger partial charge on any atom is 0.150 e. The summed E-state index contributed by atoms with van der Waals surface area (Å²) in [6.07, 6.45) is 2.30. The van der Waals surface area contributed by atoms with Gasteiger partial charge >= 0.3 is 0 Å². The molecule has 2 nitrogen and oxygen atoms in total. The summed E-state index contributed by atoms with van der Waals surface area (Å²) < 4.78 is 14.2. The van der Waals surface area contributed by atoms with Crippen molar-refractivity contribution in [2.45, 2.75) is 25.2 Å². The van der Waals surface area contributed by atoms with Gasteiger partial charge in [-0.25, -0.2) is 0 Å². The quantitative estimate of drug-likeness (QED) is 0.299. The van der Waals surface area contributed by atoms with Crippen molar-refractivity contribution in [2.24, 2.45) is 0 Å². The van der Waals surface area contributed by atoms with E-state index < -0.39 is 0 Å². The number of aryl methyl sites for hydroxylation is 1. The molecule has 1 aliphatic carbocycles. The first kappa shape index (κ1) is 18.7. The highest BCUT2D eigenvalue weighted by molar-refractivity contribution is 9.10. The van der Waals surface area contributed by atoms with E-state index in [0.717, 1.165) is 39.9 Å². The van der Waals surface area contributed by atoms with Crippen LogP contribution in [0.1, 0.15) is 28.8 Å². The van der Waals surface area contributed by atoms with Gasteiger partial charge in [-0.3, -0.25) is 0 Å². The van der Waals surface area contributed by atoms with E-state index in [0.29, 0.717) is 0 Å². The number of ether oxygens (including phenoxy) is 2. The Labute approximate surface area is 183 Å². The molecule has 0 spiro atoms. The summed E-state index contributed by atoms with van der Waals surface area (Å²) in [6, 6.07) is 23.0. The standard InChI is InChI=1S/C25H21BrO2S/c1-16-5-3-4-6-21(16)25(13-14-25)24-23(28-18-9-7-17(26)8-10-18)20-12-11-19(27-2)15-22(20)29-24/h3-12,15H,13-14H2,1-2H3. The predicted octanol–water partition coefficient (Wildman–Crippen LogP) is 7.85. The minimum Gasteiger partial charge on any atom is -0.497 e. The molecule has 1 fully saturated rings. The lowest BCUT2D eigenvalue weighted by Gasteiger charge is -2.19. The molecule has 3 aromatic carbocycles. The van der Waals surface area contributed by atoms with Gasteiger partial charge < -0.3 is 9.47 Å². The Morgan fingerprint density at radius 3 is 2.34 bits per heavy atom. The van der Waals surface area contributed by atoms with E-state index in [1.165, 1.54) is 20.7 Å². The zero-order valence-electron chi connectivity index (χ0n) is 16.4. The van der Waals surface area contributed by atoms with E-state index in [2.05, 4.69) is 59.3 Å². The molecular weight excluding hydrogens is 444 g/mol. The molecule has 0 N–H and O–H groups in total. The second-order valence-corrected chi connectivity index (χ2v) is 9.54. The van der Waals surface area contributed by atoms with Gasteiger partial charge in [-0.05, 0) is 73.4 Å². The number of halogens is 1. The molecule has 0 amide bonds. The highest BCUT2D eigenvalue weighted by Crippen LogP contribution is 2.61. The molecule has 0 unspecified atom stereocenters. The van der Waals surface area contributed by atoms with Crippen LogP contribution in [0.25, 0.3) is 10.1 Å². The molecule has 29 heavy (non-hydrogen) atoms. The van der Waals surface area contributed by atoms with Gasteiger partial charge in [0, 0.05) is 20.0 Å². The first-order valence-electron chi connectivity index (χ1n) is 9.71. The maximum absolute atomic E-state index is 6.53. The van der Waals surface area contributed by atoms with E-state index in [4.69, 9.17) is 9.47 Å². The Balaban J connectivity index is 1.70. The van der Waals surface area contributed by atoms with Gasteiger partial charge in [0.05, 0.1) is 12.0 Å². The molecule has 1 aliphatic rings. The molecule has 0 atom stereocenters. The number of rotatable bonds is 5. The summed E-state index contributed by atoms with van der Waals surface area (Å²) in [5.74, 6) is 2.71. The van der Waals surface area contributed by atoms with Crippen molar-refractivity contribution < 1.29 is 9.47 Å². The maximum atomic E-state index is 6.53. The number of hydrogen-bond acceptors (Lipinski definition) is 3. The first-order chi connectivity index (χ1) is 14.1. The van der Waals surface area contributed by atoms with E-state index in [1.807, 2.05) is 41.7 Å². The molecule has 1 aromatic heterocycles. The molecule has 1 saturated carbocycles. The largest absolute Gasteiger partial charge is 0.497 e. The first-order valence-corrected chi connectivity index (χ1v) is 11.3. The Hall–Kier alpha value is -2.30. The minimum absolute atomic E-state index is 0.0486. The number of benzene rings is 3. The van der Waals surface area contributed by atoms with Crippen molar-refractivity contribution in [1.29, 1.82) is 0 Å². The zero-order chi connectivity index (χ0) is 20.0. The molecule has 4 aromatic rings. The molecule has 4 heteroatoms. The number of hydrogen-bond donors (Lipinski definition) is 0. The molecule has 1 heterocycles. The lowest BCUT2D eigenvalue weighted by atomic mass is 9.90. The van der Waals surface area contributed by atoms with Crippen LogP contribution in [0.15, 0.2) is 71.2 Å². The molecule has 0 radical (unpaired) electrons. The summed E-state index contributed by atoms with van der Waals surface area (Å²) in [4.78, 5) is 1.32. The van der Waals surface area contributed by atoms with E-state index in [1.54, 1.807) is 7.11 Å². The summed E-state index contributed by atoms with van der Waals surface area (Å²) in [5.41, 5.74) is 2.81. The highest BCUT2D eigenvalue weighted by Gasteiger charge is 2.50. The molecule has 5 rings (SSSR count). The minimum atomic E-state index is 0.0486. The lowest BCUT2D eigenvalue weighted by Crippen LogP contribution is -2.09. The van der Waals surface area contributed by atoms with Crippen molar-refractivity contribution in [3.05, 3.63) is 87.2 Å². The van der Waals surface area contributed by atoms with E-state index >= 15 is 0 Å². The van der Waals surface area contributed by atoms with Gasteiger partial charge in [0.15, 0.2) is 0 Å². The van der Waals surface area contributed by atoms with Gasteiger partial charge in [0.1, 0.15) is 17.2 Å². The number of fused-ring (bicyclic) bond motifs is 1. The fraction of sp³-hybridized carbons (Fsp3) is 0.200. The normalized spacial score (nSPS) is 14.7. The number of methoxy groups -OCH3 is 1. The van der Waals surface area contributed by atoms with Gasteiger partial charge in [0.25, 0.3) is 0 Å². The Morgan fingerprint density at radius 2 is 1.66 bits per heavy atom. The van der Waals surface area contributed by atoms with Crippen LogP contribution in [0.4, 0.5) is 0 Å². The average Bonchev–Trinajstić information content (AvgIpc) is 3.46. The fourth-order valence-electron chi connectivity index (χ4n) is 4.07. The van der Waals surface area contributed by atoms with Crippen LogP contribution in [0.2, 0.25) is 0 Å². The van der Waals surface area contributed by atoms with Gasteiger partial charge in [-0.15, -0.1) is 11.3 Å². The summed E-state index contributed by atoms with van der Waals surface area (Å²) in [6.45, 7) is 2.21. The summed E-state index contributed by atoms with van der Waals surface area (Å²) in [7, 11) is 1.71. The van der Waals surface area contributed by atoms with Crippen LogP contribution >= 0.6 is 27.3 Å². The van der Waals surface area contributed by atoms with Crippen LogP contribution < -0.4 is 9.47 Å². The monoisotopic (exact) mass is 464 g/mol.